The zero-order valence-electron chi connectivity index (χ0n) is 19.3. The summed E-state index contributed by atoms with van der Waals surface area (Å²) in [6.45, 7) is 8.69. The van der Waals surface area contributed by atoms with Crippen molar-refractivity contribution in [2.75, 3.05) is 43.5 Å². The van der Waals surface area contributed by atoms with Crippen LogP contribution in [0.5, 0.6) is 0 Å². The minimum Gasteiger partial charge on any atom is -0.394 e. The third-order valence-corrected chi connectivity index (χ3v) is 6.95. The van der Waals surface area contributed by atoms with Crippen molar-refractivity contribution in [3.05, 3.63) is 39.3 Å². The molecule has 2 aliphatic rings. The van der Waals surface area contributed by atoms with Crippen molar-refractivity contribution in [2.24, 2.45) is 0 Å². The van der Waals surface area contributed by atoms with E-state index in [2.05, 4.69) is 33.7 Å². The number of nitrogens with zero attached hydrogens (tertiary/aromatic N) is 5. The second-order valence-electron chi connectivity index (χ2n) is 8.73. The van der Waals surface area contributed by atoms with Gasteiger partial charge in [0, 0.05) is 56.0 Å². The van der Waals surface area contributed by atoms with Crippen LogP contribution in [0.1, 0.15) is 47.2 Å². The molecule has 0 aromatic carbocycles. The van der Waals surface area contributed by atoms with Crippen LogP contribution in [0, 0.1) is 13.8 Å². The highest BCUT2D eigenvalue weighted by Crippen LogP contribution is 2.42. The van der Waals surface area contributed by atoms with Crippen molar-refractivity contribution in [1.82, 2.24) is 19.9 Å². The van der Waals surface area contributed by atoms with Crippen molar-refractivity contribution >= 4 is 29.3 Å². The number of amides is 1. The monoisotopic (exact) mass is 474 g/mol. The molecule has 3 N–H and O–H groups in total. The number of halogens is 1. The number of anilines is 2. The Kier molecular flexibility index (Phi) is 7.02. The van der Waals surface area contributed by atoms with Crippen LogP contribution >= 0.6 is 11.6 Å². The second kappa shape index (κ2) is 9.79. The van der Waals surface area contributed by atoms with Crippen LogP contribution in [0.25, 0.3) is 0 Å². The Morgan fingerprint density at radius 2 is 2.12 bits per heavy atom. The summed E-state index contributed by atoms with van der Waals surface area (Å²) in [6.07, 6.45) is 2.77. The molecule has 10 heteroatoms. The molecule has 1 saturated heterocycles. The molecule has 1 amide bonds. The summed E-state index contributed by atoms with van der Waals surface area (Å²) >= 11 is 6.50. The van der Waals surface area contributed by atoms with E-state index in [0.717, 1.165) is 23.2 Å². The summed E-state index contributed by atoms with van der Waals surface area (Å²) in [7, 11) is 0. The Labute approximate surface area is 198 Å². The number of fused-ring (bicyclic) bond motifs is 1. The number of pyridine rings is 1. The Hall–Kier alpha value is -2.49. The molecule has 178 valence electrons. The standard InChI is InChI=1S/C23H31ClN6O3/c1-4-18-13(2)16(8-26-14(18)3)10-30-9-15(20-21(24)27-23(25)28-22(20)30)7-19(32)29-5-6-33-17(11-29)12-31/h8,15,17,31H,4-7,9-12H2,1-3H3,(H2,25,27,28)/t15-,17-/m0/s1. The number of nitrogens with two attached hydrogens (primary N) is 1. The van der Waals surface area contributed by atoms with E-state index < -0.39 is 0 Å². The molecule has 2 atom stereocenters. The quantitative estimate of drug-likeness (QED) is 0.610. The van der Waals surface area contributed by atoms with Crippen molar-refractivity contribution in [1.29, 1.82) is 0 Å². The highest BCUT2D eigenvalue weighted by atomic mass is 35.5. The SMILES string of the molecule is CCc1c(C)ncc(CN2C[C@H](CC(=O)N3CCO[C@H](CO)C3)c3c(Cl)nc(N)nc32)c1C. The molecule has 1 fully saturated rings. The van der Waals surface area contributed by atoms with Gasteiger partial charge in [-0.15, -0.1) is 0 Å². The van der Waals surface area contributed by atoms with E-state index in [9.17, 15) is 9.90 Å². The van der Waals surface area contributed by atoms with Crippen LogP contribution in [0.3, 0.4) is 0 Å². The average molecular weight is 475 g/mol. The maximum absolute atomic E-state index is 13.1. The first-order valence-electron chi connectivity index (χ1n) is 11.3. The van der Waals surface area contributed by atoms with Crippen molar-refractivity contribution in [3.63, 3.8) is 0 Å². The molecular weight excluding hydrogens is 444 g/mol. The number of aliphatic hydroxyl groups excluding tert-OH is 1. The van der Waals surface area contributed by atoms with E-state index in [1.54, 1.807) is 4.90 Å². The summed E-state index contributed by atoms with van der Waals surface area (Å²) in [4.78, 5) is 30.2. The molecule has 33 heavy (non-hydrogen) atoms. The maximum Gasteiger partial charge on any atom is 0.223 e. The first-order valence-corrected chi connectivity index (χ1v) is 11.7. The van der Waals surface area contributed by atoms with Gasteiger partial charge in [0.2, 0.25) is 11.9 Å². The first kappa shape index (κ1) is 23.7. The number of carbonyl (C=O) groups is 1. The minimum atomic E-state index is -0.341. The summed E-state index contributed by atoms with van der Waals surface area (Å²) < 4.78 is 5.47. The third kappa shape index (κ3) is 4.76. The average Bonchev–Trinajstić information content (AvgIpc) is 3.13. The van der Waals surface area contributed by atoms with Gasteiger partial charge in [0.15, 0.2) is 0 Å². The molecule has 0 unspecified atom stereocenters. The number of aromatic nitrogens is 3. The van der Waals surface area contributed by atoms with Gasteiger partial charge in [-0.1, -0.05) is 18.5 Å². The molecular formula is C23H31ClN6O3. The largest absolute Gasteiger partial charge is 0.394 e. The number of aryl methyl sites for hydroxylation is 1. The zero-order chi connectivity index (χ0) is 23.7. The fraction of sp³-hybridized carbons (Fsp3) is 0.565. The summed E-state index contributed by atoms with van der Waals surface area (Å²) in [6, 6.07) is 0. The Morgan fingerprint density at radius 1 is 1.33 bits per heavy atom. The normalized spacial score (nSPS) is 20.3. The summed E-state index contributed by atoms with van der Waals surface area (Å²) in [5.74, 6) is 0.644. The second-order valence-corrected chi connectivity index (χ2v) is 9.09. The number of morpholine rings is 1. The number of hydrogen-bond acceptors (Lipinski definition) is 8. The Morgan fingerprint density at radius 3 is 2.85 bits per heavy atom. The van der Waals surface area contributed by atoms with E-state index in [1.807, 2.05) is 13.1 Å². The first-order chi connectivity index (χ1) is 15.8. The Balaban J connectivity index is 1.59. The number of aliphatic hydroxyl groups is 1. The van der Waals surface area contributed by atoms with Crippen molar-refractivity contribution < 1.29 is 14.6 Å². The minimum absolute atomic E-state index is 0.00361. The fourth-order valence-corrected chi connectivity index (χ4v) is 5.21. The van der Waals surface area contributed by atoms with Crippen LogP contribution in [-0.2, 0) is 22.5 Å². The fourth-order valence-electron chi connectivity index (χ4n) is 4.89. The third-order valence-electron chi connectivity index (χ3n) is 6.66. The topological polar surface area (TPSA) is 118 Å². The van der Waals surface area contributed by atoms with E-state index in [4.69, 9.17) is 22.1 Å². The van der Waals surface area contributed by atoms with Gasteiger partial charge in [0.05, 0.1) is 19.3 Å². The lowest BCUT2D eigenvalue weighted by Gasteiger charge is -2.32. The van der Waals surface area contributed by atoms with Crippen molar-refractivity contribution in [3.8, 4) is 0 Å². The number of carbonyl (C=O) groups excluding carboxylic acids is 1. The van der Waals surface area contributed by atoms with Crippen LogP contribution < -0.4 is 10.6 Å². The van der Waals surface area contributed by atoms with E-state index in [1.165, 1.54) is 11.1 Å². The van der Waals surface area contributed by atoms with E-state index in [-0.39, 0.29) is 36.9 Å². The van der Waals surface area contributed by atoms with Crippen LogP contribution in [-0.4, -0.2) is 69.8 Å². The van der Waals surface area contributed by atoms with Gasteiger partial charge < -0.3 is 25.4 Å². The van der Waals surface area contributed by atoms with Gasteiger partial charge in [-0.3, -0.25) is 9.78 Å². The molecule has 0 bridgehead atoms. The molecule has 0 spiro atoms. The summed E-state index contributed by atoms with van der Waals surface area (Å²) in [5.41, 5.74) is 11.3. The highest BCUT2D eigenvalue weighted by molar-refractivity contribution is 6.30. The van der Waals surface area contributed by atoms with Gasteiger partial charge in [0.1, 0.15) is 11.0 Å². The molecule has 4 heterocycles. The van der Waals surface area contributed by atoms with E-state index >= 15 is 0 Å². The van der Waals surface area contributed by atoms with Gasteiger partial charge in [-0.2, -0.15) is 4.98 Å². The number of nitrogen functional groups attached to an aromatic ring is 1. The lowest BCUT2D eigenvalue weighted by molar-refractivity contribution is -0.140. The lowest BCUT2D eigenvalue weighted by Crippen LogP contribution is -2.47. The molecule has 0 aliphatic carbocycles. The smallest absolute Gasteiger partial charge is 0.223 e. The predicted molar refractivity (Wildman–Crippen MR) is 126 cm³/mol. The van der Waals surface area contributed by atoms with Gasteiger partial charge in [-0.05, 0) is 37.0 Å². The lowest BCUT2D eigenvalue weighted by atomic mass is 9.99. The highest BCUT2D eigenvalue weighted by Gasteiger charge is 2.36. The molecule has 2 aromatic heterocycles. The summed E-state index contributed by atoms with van der Waals surface area (Å²) in [5, 5.41) is 9.69. The molecule has 4 rings (SSSR count). The van der Waals surface area contributed by atoms with Gasteiger partial charge in [-0.25, -0.2) is 4.98 Å². The predicted octanol–water partition coefficient (Wildman–Crippen LogP) is 2.00. The van der Waals surface area contributed by atoms with Gasteiger partial charge in [0.25, 0.3) is 0 Å². The van der Waals surface area contributed by atoms with Crippen LogP contribution in [0.2, 0.25) is 5.15 Å². The van der Waals surface area contributed by atoms with Gasteiger partial charge >= 0.3 is 0 Å². The van der Waals surface area contributed by atoms with Crippen molar-refractivity contribution in [2.45, 2.75) is 52.2 Å². The molecule has 2 aromatic rings. The molecule has 0 saturated carbocycles. The number of hydrogen-bond donors (Lipinski definition) is 2. The molecule has 9 nitrogen and oxygen atoms in total. The maximum atomic E-state index is 13.1. The van der Waals surface area contributed by atoms with Crippen LogP contribution in [0.4, 0.5) is 11.8 Å². The zero-order valence-corrected chi connectivity index (χ0v) is 20.1. The number of ether oxygens (including phenoxy) is 1. The number of rotatable bonds is 6. The molecule has 0 radical (unpaired) electrons. The molecule has 2 aliphatic heterocycles. The van der Waals surface area contributed by atoms with E-state index in [0.29, 0.717) is 43.8 Å². The van der Waals surface area contributed by atoms with Crippen LogP contribution in [0.15, 0.2) is 6.20 Å². The Bertz CT molecular complexity index is 1050.